The lowest BCUT2D eigenvalue weighted by molar-refractivity contribution is 0.582. The highest BCUT2D eigenvalue weighted by Crippen LogP contribution is 2.26. The van der Waals surface area contributed by atoms with Crippen molar-refractivity contribution in [2.75, 3.05) is 0 Å². The van der Waals surface area contributed by atoms with Gasteiger partial charge in [-0.1, -0.05) is 6.07 Å². The van der Waals surface area contributed by atoms with Crippen LogP contribution in [0.5, 0.6) is 0 Å². The maximum Gasteiger partial charge on any atom is 0.328 e. The number of hydrogen-bond acceptors (Lipinski definition) is 4. The molecule has 2 aromatic heterocycles. The number of benzene rings is 2. The Bertz CT molecular complexity index is 1120. The zero-order valence-corrected chi connectivity index (χ0v) is 13.0. The molecule has 0 atom stereocenters. The molecule has 120 valence electrons. The number of aromatic nitrogens is 4. The van der Waals surface area contributed by atoms with Crippen LogP contribution >= 0.6 is 0 Å². The average Bonchev–Trinajstić information content (AvgIpc) is 3.16. The monoisotopic (exact) mass is 324 g/mol. The van der Waals surface area contributed by atoms with Gasteiger partial charge in [-0.25, -0.2) is 9.18 Å². The van der Waals surface area contributed by atoms with Crippen LogP contribution in [0.2, 0.25) is 0 Å². The standard InChI is InChI=1S/C17H13FN4O2/c1-21-13-7-6-11(9-14(13)22(2)17(21)23)16-20-19-15(24-16)10-4-3-5-12(18)8-10/h3-9H,1-2H3. The van der Waals surface area contributed by atoms with E-state index in [9.17, 15) is 9.18 Å². The number of imidazole rings is 1. The van der Waals surface area contributed by atoms with Crippen molar-refractivity contribution in [2.24, 2.45) is 14.1 Å². The number of halogens is 1. The Balaban J connectivity index is 1.81. The fourth-order valence-electron chi connectivity index (χ4n) is 2.72. The second-order valence-corrected chi connectivity index (χ2v) is 5.53. The summed E-state index contributed by atoms with van der Waals surface area (Å²) >= 11 is 0. The molecule has 2 aromatic carbocycles. The molecule has 24 heavy (non-hydrogen) atoms. The second kappa shape index (κ2) is 5.16. The van der Waals surface area contributed by atoms with Crippen LogP contribution < -0.4 is 5.69 Å². The van der Waals surface area contributed by atoms with E-state index in [0.717, 1.165) is 11.0 Å². The lowest BCUT2D eigenvalue weighted by Crippen LogP contribution is -2.19. The summed E-state index contributed by atoms with van der Waals surface area (Å²) in [4.78, 5) is 12.0. The summed E-state index contributed by atoms with van der Waals surface area (Å²) < 4.78 is 22.1. The molecule has 0 N–H and O–H groups in total. The van der Waals surface area contributed by atoms with Crippen LogP contribution in [0.4, 0.5) is 4.39 Å². The Kier molecular flexibility index (Phi) is 3.09. The van der Waals surface area contributed by atoms with E-state index >= 15 is 0 Å². The van der Waals surface area contributed by atoms with Gasteiger partial charge in [0.15, 0.2) is 0 Å². The quantitative estimate of drug-likeness (QED) is 0.569. The lowest BCUT2D eigenvalue weighted by Gasteiger charge is -1.98. The fourth-order valence-corrected chi connectivity index (χ4v) is 2.72. The Labute approximate surface area is 135 Å². The highest BCUT2D eigenvalue weighted by atomic mass is 19.1. The van der Waals surface area contributed by atoms with Gasteiger partial charge in [0.05, 0.1) is 11.0 Å². The summed E-state index contributed by atoms with van der Waals surface area (Å²) in [5.74, 6) is 0.187. The van der Waals surface area contributed by atoms with Crippen molar-refractivity contribution in [1.82, 2.24) is 19.3 Å². The molecule has 0 bridgehead atoms. The van der Waals surface area contributed by atoms with Gasteiger partial charge >= 0.3 is 5.69 Å². The van der Waals surface area contributed by atoms with Gasteiger partial charge in [-0.2, -0.15) is 0 Å². The molecule has 4 aromatic rings. The minimum absolute atomic E-state index is 0.104. The molecular formula is C17H13FN4O2. The molecule has 0 saturated heterocycles. The number of aryl methyl sites for hydroxylation is 2. The largest absolute Gasteiger partial charge is 0.416 e. The molecule has 0 saturated carbocycles. The first-order chi connectivity index (χ1) is 11.5. The summed E-state index contributed by atoms with van der Waals surface area (Å²) in [7, 11) is 3.43. The van der Waals surface area contributed by atoms with Crippen LogP contribution in [-0.2, 0) is 14.1 Å². The van der Waals surface area contributed by atoms with Gasteiger partial charge in [0, 0.05) is 25.2 Å². The van der Waals surface area contributed by atoms with Crippen LogP contribution in [0, 0.1) is 5.82 Å². The van der Waals surface area contributed by atoms with Crippen molar-refractivity contribution in [2.45, 2.75) is 0 Å². The van der Waals surface area contributed by atoms with Gasteiger partial charge in [-0.15, -0.1) is 10.2 Å². The number of fused-ring (bicyclic) bond motifs is 1. The summed E-state index contributed by atoms with van der Waals surface area (Å²) in [5.41, 5.74) is 2.69. The summed E-state index contributed by atoms with van der Waals surface area (Å²) in [6.45, 7) is 0. The summed E-state index contributed by atoms with van der Waals surface area (Å²) in [5, 5.41) is 8.00. The van der Waals surface area contributed by atoms with E-state index in [4.69, 9.17) is 4.42 Å². The van der Waals surface area contributed by atoms with Crippen molar-refractivity contribution >= 4 is 11.0 Å². The van der Waals surface area contributed by atoms with Gasteiger partial charge in [0.25, 0.3) is 0 Å². The zero-order chi connectivity index (χ0) is 16.8. The highest BCUT2D eigenvalue weighted by molar-refractivity contribution is 5.81. The van der Waals surface area contributed by atoms with E-state index in [1.54, 1.807) is 35.4 Å². The SMILES string of the molecule is Cn1c(=O)n(C)c2cc(-c3nnc(-c4cccc(F)c4)o3)ccc21. The first-order valence-electron chi connectivity index (χ1n) is 7.30. The van der Waals surface area contributed by atoms with E-state index in [1.165, 1.54) is 12.1 Å². The van der Waals surface area contributed by atoms with Crippen molar-refractivity contribution in [1.29, 1.82) is 0 Å². The Hall–Kier alpha value is -3.22. The molecule has 0 amide bonds. The number of nitrogens with zero attached hydrogens (tertiary/aromatic N) is 4. The Morgan fingerprint density at radius 1 is 0.917 bits per heavy atom. The van der Waals surface area contributed by atoms with E-state index in [0.29, 0.717) is 17.0 Å². The van der Waals surface area contributed by atoms with Crippen molar-refractivity contribution in [3.63, 3.8) is 0 Å². The molecule has 0 aliphatic carbocycles. The van der Waals surface area contributed by atoms with Crippen molar-refractivity contribution < 1.29 is 8.81 Å². The van der Waals surface area contributed by atoms with E-state index in [1.807, 2.05) is 18.2 Å². The van der Waals surface area contributed by atoms with Gasteiger partial charge in [0.1, 0.15) is 5.82 Å². The second-order valence-electron chi connectivity index (χ2n) is 5.53. The van der Waals surface area contributed by atoms with Gasteiger partial charge in [-0.3, -0.25) is 9.13 Å². The van der Waals surface area contributed by atoms with Crippen LogP contribution in [0.25, 0.3) is 33.9 Å². The third-order valence-corrected chi connectivity index (χ3v) is 4.02. The van der Waals surface area contributed by atoms with E-state index in [2.05, 4.69) is 10.2 Å². The predicted octanol–water partition coefficient (Wildman–Crippen LogP) is 2.73. The predicted molar refractivity (Wildman–Crippen MR) is 86.8 cm³/mol. The molecule has 6 nitrogen and oxygen atoms in total. The molecule has 0 aliphatic rings. The third-order valence-electron chi connectivity index (χ3n) is 4.02. The van der Waals surface area contributed by atoms with Crippen LogP contribution in [0.1, 0.15) is 0 Å². The minimum Gasteiger partial charge on any atom is -0.416 e. The molecule has 0 aliphatic heterocycles. The molecule has 0 spiro atoms. The molecular weight excluding hydrogens is 311 g/mol. The zero-order valence-electron chi connectivity index (χ0n) is 13.0. The number of rotatable bonds is 2. The maximum atomic E-state index is 13.3. The van der Waals surface area contributed by atoms with Gasteiger partial charge < -0.3 is 4.42 Å². The molecule has 2 heterocycles. The van der Waals surface area contributed by atoms with Crippen LogP contribution in [0.3, 0.4) is 0 Å². The first kappa shape index (κ1) is 14.4. The Morgan fingerprint density at radius 2 is 1.58 bits per heavy atom. The van der Waals surface area contributed by atoms with Crippen molar-refractivity contribution in [3.05, 3.63) is 58.8 Å². The smallest absolute Gasteiger partial charge is 0.328 e. The molecule has 0 unspecified atom stereocenters. The Morgan fingerprint density at radius 3 is 2.29 bits per heavy atom. The van der Waals surface area contributed by atoms with E-state index < -0.39 is 0 Å². The molecule has 7 heteroatoms. The molecule has 4 rings (SSSR count). The normalized spacial score (nSPS) is 11.3. The van der Waals surface area contributed by atoms with E-state index in [-0.39, 0.29) is 17.4 Å². The topological polar surface area (TPSA) is 65.8 Å². The fraction of sp³-hybridized carbons (Fsp3) is 0.118. The lowest BCUT2D eigenvalue weighted by atomic mass is 10.2. The third kappa shape index (κ3) is 2.13. The van der Waals surface area contributed by atoms with Crippen LogP contribution in [-0.4, -0.2) is 19.3 Å². The molecule has 0 fully saturated rings. The molecule has 0 radical (unpaired) electrons. The number of hydrogen-bond donors (Lipinski definition) is 0. The summed E-state index contributed by atoms with van der Waals surface area (Å²) in [6.07, 6.45) is 0. The van der Waals surface area contributed by atoms with Gasteiger partial charge in [0.2, 0.25) is 11.8 Å². The summed E-state index contributed by atoms with van der Waals surface area (Å²) in [6, 6.07) is 11.4. The van der Waals surface area contributed by atoms with Gasteiger partial charge in [-0.05, 0) is 36.4 Å². The minimum atomic E-state index is -0.368. The average molecular weight is 324 g/mol. The maximum absolute atomic E-state index is 13.3. The van der Waals surface area contributed by atoms with Crippen molar-refractivity contribution in [3.8, 4) is 22.9 Å². The van der Waals surface area contributed by atoms with Crippen LogP contribution in [0.15, 0.2) is 51.7 Å². The first-order valence-corrected chi connectivity index (χ1v) is 7.30. The highest BCUT2D eigenvalue weighted by Gasteiger charge is 2.14.